The lowest BCUT2D eigenvalue weighted by Gasteiger charge is -2.37. The highest BCUT2D eigenvalue weighted by Crippen LogP contribution is 2.13. The Kier molecular flexibility index (Phi) is 7.95. The van der Waals surface area contributed by atoms with Gasteiger partial charge in [0.2, 0.25) is 5.91 Å². The predicted octanol–water partition coefficient (Wildman–Crippen LogP) is 3.44. The molecule has 0 bridgehead atoms. The summed E-state index contributed by atoms with van der Waals surface area (Å²) in [6, 6.07) is 15.3. The predicted molar refractivity (Wildman–Crippen MR) is 121 cm³/mol. The molecule has 1 fully saturated rings. The van der Waals surface area contributed by atoms with Crippen molar-refractivity contribution in [3.8, 4) is 0 Å². The van der Waals surface area contributed by atoms with Crippen LogP contribution in [0.15, 0.2) is 60.7 Å². The van der Waals surface area contributed by atoms with Crippen LogP contribution in [0.3, 0.4) is 0 Å². The molecule has 1 unspecified atom stereocenters. The van der Waals surface area contributed by atoms with E-state index in [2.05, 4.69) is 34.5 Å². The van der Waals surface area contributed by atoms with Crippen molar-refractivity contribution < 1.29 is 14.0 Å². The minimum Gasteiger partial charge on any atom is -0.340 e. The Morgan fingerprint density at radius 3 is 2.29 bits per heavy atom. The Morgan fingerprint density at radius 1 is 1.00 bits per heavy atom. The van der Waals surface area contributed by atoms with Gasteiger partial charge in [0.25, 0.3) is 5.91 Å². The van der Waals surface area contributed by atoms with E-state index < -0.39 is 17.8 Å². The molecule has 1 saturated heterocycles. The topological polar surface area (TPSA) is 52.7 Å². The average Bonchev–Trinajstić information content (AvgIpc) is 2.78. The number of rotatable bonds is 7. The Balaban J connectivity index is 1.53. The van der Waals surface area contributed by atoms with Crippen molar-refractivity contribution in [1.82, 2.24) is 15.1 Å². The van der Waals surface area contributed by atoms with Gasteiger partial charge in [0.05, 0.1) is 5.56 Å². The number of carbonyl (C=O) groups excluding carboxylic acids is 2. The molecule has 0 aromatic heterocycles. The fraction of sp³-hybridized carbons (Fsp3) is 0.360. The van der Waals surface area contributed by atoms with Crippen molar-refractivity contribution in [2.75, 3.05) is 32.7 Å². The molecule has 0 spiro atoms. The molecule has 1 heterocycles. The van der Waals surface area contributed by atoms with Gasteiger partial charge in [0, 0.05) is 32.7 Å². The smallest absolute Gasteiger partial charge is 0.254 e. The van der Waals surface area contributed by atoms with E-state index in [9.17, 15) is 14.0 Å². The third-order valence-corrected chi connectivity index (χ3v) is 5.50. The van der Waals surface area contributed by atoms with Gasteiger partial charge in [-0.1, -0.05) is 68.5 Å². The first-order valence-corrected chi connectivity index (χ1v) is 10.7. The molecular weight excluding hydrogens is 393 g/mol. The lowest BCUT2D eigenvalue weighted by molar-refractivity contribution is -0.136. The highest BCUT2D eigenvalue weighted by molar-refractivity contribution is 5.97. The standard InChI is InChI=1S/C25H30FN3O2/c1-19(2)23(27-24(30)21-12-6-7-13-22(21)26)25(31)29-17-15-28(16-18-29)14-8-11-20-9-4-3-5-10-20/h3-13,19,23H,14-18H2,1-2H3,(H,27,30)/b11-8+. The van der Waals surface area contributed by atoms with Crippen molar-refractivity contribution in [1.29, 1.82) is 0 Å². The lowest BCUT2D eigenvalue weighted by atomic mass is 10.0. The van der Waals surface area contributed by atoms with Crippen molar-refractivity contribution in [2.24, 2.45) is 5.92 Å². The number of nitrogens with zero attached hydrogens (tertiary/aromatic N) is 2. The van der Waals surface area contributed by atoms with Crippen LogP contribution in [0.5, 0.6) is 0 Å². The van der Waals surface area contributed by atoms with Crippen molar-refractivity contribution in [2.45, 2.75) is 19.9 Å². The largest absolute Gasteiger partial charge is 0.340 e. The van der Waals surface area contributed by atoms with Crippen molar-refractivity contribution in [3.05, 3.63) is 77.6 Å². The molecule has 164 valence electrons. The molecule has 0 aliphatic carbocycles. The number of carbonyl (C=O) groups is 2. The average molecular weight is 424 g/mol. The van der Waals surface area contributed by atoms with Gasteiger partial charge in [-0.25, -0.2) is 4.39 Å². The van der Waals surface area contributed by atoms with Crippen LogP contribution in [0.1, 0.15) is 29.8 Å². The summed E-state index contributed by atoms with van der Waals surface area (Å²) in [7, 11) is 0. The van der Waals surface area contributed by atoms with E-state index in [1.165, 1.54) is 23.8 Å². The monoisotopic (exact) mass is 423 g/mol. The van der Waals surface area contributed by atoms with E-state index in [1.807, 2.05) is 32.0 Å². The maximum atomic E-state index is 13.9. The summed E-state index contributed by atoms with van der Waals surface area (Å²) in [5.74, 6) is -1.36. The molecule has 31 heavy (non-hydrogen) atoms. The van der Waals surface area contributed by atoms with Crippen LogP contribution in [-0.2, 0) is 4.79 Å². The number of halogens is 1. The zero-order valence-corrected chi connectivity index (χ0v) is 18.1. The van der Waals surface area contributed by atoms with Gasteiger partial charge in [-0.05, 0) is 23.6 Å². The quantitative estimate of drug-likeness (QED) is 0.742. The zero-order valence-electron chi connectivity index (χ0n) is 18.1. The number of hydrogen-bond donors (Lipinski definition) is 1. The summed E-state index contributed by atoms with van der Waals surface area (Å²) in [6.07, 6.45) is 4.24. The maximum Gasteiger partial charge on any atom is 0.254 e. The van der Waals surface area contributed by atoms with E-state index in [4.69, 9.17) is 0 Å². The van der Waals surface area contributed by atoms with E-state index >= 15 is 0 Å². The number of amides is 2. The molecule has 2 aromatic carbocycles. The second-order valence-electron chi connectivity index (χ2n) is 8.11. The number of benzene rings is 2. The Morgan fingerprint density at radius 2 is 1.65 bits per heavy atom. The second kappa shape index (κ2) is 10.9. The first-order chi connectivity index (χ1) is 15.0. The second-order valence-corrected chi connectivity index (χ2v) is 8.11. The molecule has 2 amide bonds. The van der Waals surface area contributed by atoms with Crippen LogP contribution in [0, 0.1) is 11.7 Å². The zero-order chi connectivity index (χ0) is 22.2. The molecule has 1 aliphatic heterocycles. The van der Waals surface area contributed by atoms with Gasteiger partial charge < -0.3 is 10.2 Å². The van der Waals surface area contributed by atoms with E-state index in [0.717, 1.165) is 19.6 Å². The third kappa shape index (κ3) is 6.25. The number of hydrogen-bond acceptors (Lipinski definition) is 3. The number of piperazine rings is 1. The molecule has 6 heteroatoms. The lowest BCUT2D eigenvalue weighted by Crippen LogP contribution is -2.56. The summed E-state index contributed by atoms with van der Waals surface area (Å²) < 4.78 is 13.9. The molecule has 1 atom stereocenters. The van der Waals surface area contributed by atoms with Crippen LogP contribution < -0.4 is 5.32 Å². The van der Waals surface area contributed by atoms with Gasteiger partial charge in [-0.15, -0.1) is 0 Å². The molecule has 1 N–H and O–H groups in total. The molecule has 3 rings (SSSR count). The summed E-state index contributed by atoms with van der Waals surface area (Å²) >= 11 is 0. The SMILES string of the molecule is CC(C)C(NC(=O)c1ccccc1F)C(=O)N1CCN(C/C=C/c2ccccc2)CC1. The summed E-state index contributed by atoms with van der Waals surface area (Å²) in [5.41, 5.74) is 1.12. The summed E-state index contributed by atoms with van der Waals surface area (Å²) in [5, 5.41) is 2.74. The van der Waals surface area contributed by atoms with Crippen molar-refractivity contribution >= 4 is 17.9 Å². The number of nitrogens with one attached hydrogen (secondary N) is 1. The minimum atomic E-state index is -0.684. The molecule has 1 aliphatic rings. The first kappa shape index (κ1) is 22.7. The molecule has 5 nitrogen and oxygen atoms in total. The van der Waals surface area contributed by atoms with Crippen LogP contribution in [0.25, 0.3) is 6.08 Å². The maximum absolute atomic E-state index is 13.9. The fourth-order valence-electron chi connectivity index (χ4n) is 3.63. The molecule has 0 radical (unpaired) electrons. The van der Waals surface area contributed by atoms with E-state index in [-0.39, 0.29) is 17.4 Å². The van der Waals surface area contributed by atoms with Gasteiger partial charge in [-0.2, -0.15) is 0 Å². The Bertz CT molecular complexity index is 906. The highest BCUT2D eigenvalue weighted by Gasteiger charge is 2.31. The Labute approximate surface area is 183 Å². The van der Waals surface area contributed by atoms with E-state index in [1.54, 1.807) is 11.0 Å². The minimum absolute atomic E-state index is 0.0454. The van der Waals surface area contributed by atoms with Crippen LogP contribution in [0.2, 0.25) is 0 Å². The summed E-state index contributed by atoms with van der Waals surface area (Å²) in [4.78, 5) is 29.7. The van der Waals surface area contributed by atoms with Crippen LogP contribution in [0.4, 0.5) is 4.39 Å². The van der Waals surface area contributed by atoms with Gasteiger partial charge in [0.1, 0.15) is 11.9 Å². The first-order valence-electron chi connectivity index (χ1n) is 10.7. The summed E-state index contributed by atoms with van der Waals surface area (Å²) in [6.45, 7) is 7.36. The highest BCUT2D eigenvalue weighted by atomic mass is 19.1. The van der Waals surface area contributed by atoms with Gasteiger partial charge >= 0.3 is 0 Å². The molecule has 2 aromatic rings. The van der Waals surface area contributed by atoms with Crippen LogP contribution in [-0.4, -0.2) is 60.4 Å². The normalized spacial score (nSPS) is 15.9. The molecular formula is C25H30FN3O2. The van der Waals surface area contributed by atoms with Crippen molar-refractivity contribution in [3.63, 3.8) is 0 Å². The fourth-order valence-corrected chi connectivity index (χ4v) is 3.63. The molecule has 0 saturated carbocycles. The van der Waals surface area contributed by atoms with Crippen LogP contribution >= 0.6 is 0 Å². The van der Waals surface area contributed by atoms with Gasteiger partial charge in [0.15, 0.2) is 0 Å². The Hall–Kier alpha value is -2.99. The van der Waals surface area contributed by atoms with E-state index in [0.29, 0.717) is 13.1 Å². The van der Waals surface area contributed by atoms with Gasteiger partial charge in [-0.3, -0.25) is 14.5 Å². The third-order valence-electron chi connectivity index (χ3n) is 5.50.